The Hall–Kier alpha value is -1.85. The fourth-order valence-electron chi connectivity index (χ4n) is 2.33. The lowest BCUT2D eigenvalue weighted by atomic mass is 10.2. The Morgan fingerprint density at radius 1 is 1.25 bits per heavy atom. The first-order valence-corrected chi connectivity index (χ1v) is 6.78. The van der Waals surface area contributed by atoms with Gasteiger partial charge in [-0.2, -0.15) is 0 Å². The maximum Gasteiger partial charge on any atom is 0.245 e. The van der Waals surface area contributed by atoms with Crippen molar-refractivity contribution >= 4 is 17.7 Å². The molecule has 1 saturated heterocycles. The summed E-state index contributed by atoms with van der Waals surface area (Å²) in [4.78, 5) is 39.8. The van der Waals surface area contributed by atoms with Crippen molar-refractivity contribution in [2.75, 3.05) is 33.7 Å². The fraction of sp³-hybridized carbons (Fsp3) is 0.643. The largest absolute Gasteiger partial charge is 0.342 e. The first-order valence-electron chi connectivity index (χ1n) is 6.78. The molecule has 0 N–H and O–H groups in total. The van der Waals surface area contributed by atoms with Crippen LogP contribution in [-0.2, 0) is 14.4 Å². The summed E-state index contributed by atoms with van der Waals surface area (Å²) in [5, 5.41) is 0. The Morgan fingerprint density at radius 3 is 2.40 bits per heavy atom. The standard InChI is InChI=1S/C14H23N3O3/c1-5-13(19)15(3)9-10-16(4)14(20)12-7-6-8-17(12)11(2)18/h5,12H,1,6-10H2,2-4H3/t12-/m0/s1. The first-order chi connectivity index (χ1) is 9.38. The maximum absolute atomic E-state index is 12.3. The summed E-state index contributed by atoms with van der Waals surface area (Å²) in [6.45, 7) is 6.44. The Labute approximate surface area is 120 Å². The SMILES string of the molecule is C=CC(=O)N(C)CCN(C)C(=O)[C@@H]1CCCN1C(C)=O. The number of hydrogen-bond donors (Lipinski definition) is 0. The number of hydrogen-bond acceptors (Lipinski definition) is 3. The van der Waals surface area contributed by atoms with Gasteiger partial charge in [0.05, 0.1) is 0 Å². The molecule has 0 spiro atoms. The Bertz CT molecular complexity index is 408. The molecular weight excluding hydrogens is 258 g/mol. The van der Waals surface area contributed by atoms with E-state index >= 15 is 0 Å². The predicted octanol–water partition coefficient (Wildman–Crippen LogP) is 0.100. The number of amides is 3. The average Bonchev–Trinajstić information content (AvgIpc) is 2.91. The van der Waals surface area contributed by atoms with Crippen LogP contribution in [0.4, 0.5) is 0 Å². The molecule has 1 aliphatic rings. The van der Waals surface area contributed by atoms with E-state index in [0.29, 0.717) is 26.1 Å². The summed E-state index contributed by atoms with van der Waals surface area (Å²) in [5.74, 6) is -0.289. The summed E-state index contributed by atoms with van der Waals surface area (Å²) in [6, 6.07) is -0.349. The van der Waals surface area contributed by atoms with Gasteiger partial charge in [-0.15, -0.1) is 0 Å². The summed E-state index contributed by atoms with van der Waals surface area (Å²) in [7, 11) is 3.37. The molecule has 1 atom stereocenters. The highest BCUT2D eigenvalue weighted by Crippen LogP contribution is 2.18. The highest BCUT2D eigenvalue weighted by Gasteiger charge is 2.33. The highest BCUT2D eigenvalue weighted by atomic mass is 16.2. The number of likely N-dealkylation sites (N-methyl/N-ethyl adjacent to an activating group) is 2. The molecule has 0 unspecified atom stereocenters. The Morgan fingerprint density at radius 2 is 1.85 bits per heavy atom. The van der Waals surface area contributed by atoms with Gasteiger partial charge in [0.15, 0.2) is 0 Å². The van der Waals surface area contributed by atoms with Crippen molar-refractivity contribution in [3.05, 3.63) is 12.7 Å². The van der Waals surface area contributed by atoms with Crippen molar-refractivity contribution in [3.8, 4) is 0 Å². The van der Waals surface area contributed by atoms with Crippen LogP contribution in [-0.4, -0.2) is 72.2 Å². The van der Waals surface area contributed by atoms with Crippen molar-refractivity contribution in [3.63, 3.8) is 0 Å². The van der Waals surface area contributed by atoms with E-state index in [-0.39, 0.29) is 23.8 Å². The van der Waals surface area contributed by atoms with Crippen LogP contribution < -0.4 is 0 Å². The third-order valence-corrected chi connectivity index (χ3v) is 3.64. The second kappa shape index (κ2) is 7.07. The highest BCUT2D eigenvalue weighted by molar-refractivity contribution is 5.88. The minimum atomic E-state index is -0.349. The van der Waals surface area contributed by atoms with Crippen LogP contribution in [0.3, 0.4) is 0 Å². The Balaban J connectivity index is 2.52. The molecule has 0 aromatic carbocycles. The second-order valence-electron chi connectivity index (χ2n) is 5.09. The van der Waals surface area contributed by atoms with Gasteiger partial charge in [-0.25, -0.2) is 0 Å². The lowest BCUT2D eigenvalue weighted by molar-refractivity contribution is -0.142. The third kappa shape index (κ3) is 3.82. The van der Waals surface area contributed by atoms with Crippen molar-refractivity contribution < 1.29 is 14.4 Å². The number of likely N-dealkylation sites (tertiary alicyclic amines) is 1. The smallest absolute Gasteiger partial charge is 0.245 e. The summed E-state index contributed by atoms with van der Waals surface area (Å²) in [5.41, 5.74) is 0. The molecule has 0 radical (unpaired) electrons. The maximum atomic E-state index is 12.3. The van der Waals surface area contributed by atoms with Crippen LogP contribution in [0.25, 0.3) is 0 Å². The minimum absolute atomic E-state index is 0.0582. The monoisotopic (exact) mass is 281 g/mol. The topological polar surface area (TPSA) is 60.9 Å². The predicted molar refractivity (Wildman–Crippen MR) is 75.9 cm³/mol. The molecule has 0 aliphatic carbocycles. The number of carbonyl (C=O) groups excluding carboxylic acids is 3. The lowest BCUT2D eigenvalue weighted by Crippen LogP contribution is -2.47. The van der Waals surface area contributed by atoms with Crippen LogP contribution in [0.2, 0.25) is 0 Å². The summed E-state index contributed by atoms with van der Waals surface area (Å²) in [6.07, 6.45) is 2.82. The van der Waals surface area contributed by atoms with Gasteiger partial charge >= 0.3 is 0 Å². The normalized spacial score (nSPS) is 17.8. The van der Waals surface area contributed by atoms with Gasteiger partial charge in [-0.1, -0.05) is 6.58 Å². The van der Waals surface area contributed by atoms with Gasteiger partial charge < -0.3 is 14.7 Å². The first kappa shape index (κ1) is 16.2. The van der Waals surface area contributed by atoms with Crippen LogP contribution in [0.1, 0.15) is 19.8 Å². The van der Waals surface area contributed by atoms with E-state index < -0.39 is 0 Å². The summed E-state index contributed by atoms with van der Waals surface area (Å²) >= 11 is 0. The number of nitrogens with zero attached hydrogens (tertiary/aromatic N) is 3. The zero-order chi connectivity index (χ0) is 15.3. The second-order valence-corrected chi connectivity index (χ2v) is 5.09. The van der Waals surface area contributed by atoms with E-state index in [0.717, 1.165) is 6.42 Å². The lowest BCUT2D eigenvalue weighted by Gasteiger charge is -2.28. The van der Waals surface area contributed by atoms with Gasteiger partial charge in [-0.3, -0.25) is 14.4 Å². The molecule has 112 valence electrons. The van der Waals surface area contributed by atoms with Crippen molar-refractivity contribution in [1.82, 2.24) is 14.7 Å². The van der Waals surface area contributed by atoms with Crippen LogP contribution >= 0.6 is 0 Å². The van der Waals surface area contributed by atoms with Gasteiger partial charge in [0.25, 0.3) is 0 Å². The van der Waals surface area contributed by atoms with Crippen molar-refractivity contribution in [2.24, 2.45) is 0 Å². The van der Waals surface area contributed by atoms with Gasteiger partial charge in [-0.05, 0) is 18.9 Å². The van der Waals surface area contributed by atoms with Crippen LogP contribution in [0, 0.1) is 0 Å². The van der Waals surface area contributed by atoms with E-state index in [1.807, 2.05) is 0 Å². The molecule has 6 heteroatoms. The Kier molecular flexibility index (Phi) is 5.73. The van der Waals surface area contributed by atoms with E-state index in [9.17, 15) is 14.4 Å². The molecule has 0 aromatic heterocycles. The minimum Gasteiger partial charge on any atom is -0.342 e. The van der Waals surface area contributed by atoms with E-state index in [4.69, 9.17) is 0 Å². The molecule has 1 aliphatic heterocycles. The van der Waals surface area contributed by atoms with E-state index in [2.05, 4.69) is 6.58 Å². The molecule has 3 amide bonds. The van der Waals surface area contributed by atoms with Crippen molar-refractivity contribution in [1.29, 1.82) is 0 Å². The molecule has 20 heavy (non-hydrogen) atoms. The zero-order valence-corrected chi connectivity index (χ0v) is 12.5. The fourth-order valence-corrected chi connectivity index (χ4v) is 2.33. The summed E-state index contributed by atoms with van der Waals surface area (Å²) < 4.78 is 0. The third-order valence-electron chi connectivity index (χ3n) is 3.64. The van der Waals surface area contributed by atoms with E-state index in [1.165, 1.54) is 17.9 Å². The molecule has 1 fully saturated rings. The zero-order valence-electron chi connectivity index (χ0n) is 12.5. The van der Waals surface area contributed by atoms with Crippen LogP contribution in [0.5, 0.6) is 0 Å². The van der Waals surface area contributed by atoms with Gasteiger partial charge in [0.2, 0.25) is 17.7 Å². The molecule has 0 saturated carbocycles. The molecular formula is C14H23N3O3. The quantitative estimate of drug-likeness (QED) is 0.672. The van der Waals surface area contributed by atoms with Crippen molar-refractivity contribution in [2.45, 2.75) is 25.8 Å². The van der Waals surface area contributed by atoms with Gasteiger partial charge in [0.1, 0.15) is 6.04 Å². The van der Waals surface area contributed by atoms with E-state index in [1.54, 1.807) is 23.9 Å². The molecule has 1 rings (SSSR count). The number of carbonyl (C=O) groups is 3. The molecule has 1 heterocycles. The van der Waals surface area contributed by atoms with Crippen LogP contribution in [0.15, 0.2) is 12.7 Å². The molecule has 0 bridgehead atoms. The molecule has 0 aromatic rings. The molecule has 6 nitrogen and oxygen atoms in total. The average molecular weight is 281 g/mol. The number of rotatable bonds is 5. The van der Waals surface area contributed by atoms with Gasteiger partial charge in [0, 0.05) is 40.7 Å².